The molecule has 12 rings (SSSR count). The Morgan fingerprint density at radius 3 is 1.45 bits per heavy atom. The highest BCUT2D eigenvalue weighted by Gasteiger charge is 2.59. The number of hydrogen-bond acceptors (Lipinski definition) is 5. The molecule has 1 atom stereocenters. The summed E-state index contributed by atoms with van der Waals surface area (Å²) in [6.45, 7) is 9.06. The molecule has 6 heteroatoms. The molecule has 5 nitrogen and oxygen atoms in total. The first-order valence-corrected chi connectivity index (χ1v) is 25.5. The molecule has 3 aromatic carbocycles. The Balaban J connectivity index is 1.08. The highest BCUT2D eigenvalue weighted by atomic mass is 28.4. The van der Waals surface area contributed by atoms with E-state index in [9.17, 15) is 0 Å². The van der Waals surface area contributed by atoms with Gasteiger partial charge in [-0.15, -0.1) is 0 Å². The van der Waals surface area contributed by atoms with Gasteiger partial charge >= 0.3 is 20.3 Å². The molecule has 0 unspecified atom stereocenters. The summed E-state index contributed by atoms with van der Waals surface area (Å²) in [5.41, 5.74) is 0.577. The molecule has 8 fully saturated rings. The van der Waals surface area contributed by atoms with Crippen LogP contribution in [0.2, 0.25) is 5.04 Å². The Bertz CT molecular complexity index is 1950. The van der Waals surface area contributed by atoms with E-state index in [2.05, 4.69) is 125 Å². The van der Waals surface area contributed by atoms with Crippen LogP contribution in [0.15, 0.2) is 108 Å². The van der Waals surface area contributed by atoms with Crippen molar-refractivity contribution in [2.75, 3.05) is 0 Å². The average molecular weight is 823 g/mol. The lowest BCUT2D eigenvalue weighted by atomic mass is 9.55. The zero-order valence-electron chi connectivity index (χ0n) is 36.4. The van der Waals surface area contributed by atoms with Gasteiger partial charge in [0.25, 0.3) is 0 Å². The lowest BCUT2D eigenvalue weighted by Gasteiger charge is -2.54. The van der Waals surface area contributed by atoms with E-state index in [1.165, 1.54) is 23.2 Å². The van der Waals surface area contributed by atoms with E-state index in [1.54, 1.807) is 0 Å². The third-order valence-electron chi connectivity index (χ3n) is 16.7. The molecule has 9 aliphatic carbocycles. The number of carbonyl (C=O) groups is 2. The van der Waals surface area contributed by atoms with Crippen LogP contribution in [-0.4, -0.2) is 32.5 Å². The van der Waals surface area contributed by atoms with E-state index in [1.807, 2.05) is 6.07 Å². The van der Waals surface area contributed by atoms with Gasteiger partial charge in [-0.25, -0.2) is 0 Å². The molecule has 316 valence electrons. The number of esters is 2. The fourth-order valence-corrected chi connectivity index (χ4v) is 19.0. The van der Waals surface area contributed by atoms with Crippen molar-refractivity contribution >= 4 is 36.7 Å². The average Bonchev–Trinajstić information content (AvgIpc) is 3.37. The molecule has 8 bridgehead atoms. The summed E-state index contributed by atoms with van der Waals surface area (Å²) in [5, 5.41) is 2.16. The van der Waals surface area contributed by atoms with E-state index in [-0.39, 0.29) is 41.5 Å². The molecule has 60 heavy (non-hydrogen) atoms. The minimum atomic E-state index is -3.04. The number of benzene rings is 3. The first kappa shape index (κ1) is 40.2. The summed E-state index contributed by atoms with van der Waals surface area (Å²) in [4.78, 5) is 31.2. The number of rotatable bonds is 10. The van der Waals surface area contributed by atoms with Gasteiger partial charge in [-0.1, -0.05) is 124 Å². The predicted molar refractivity (Wildman–Crippen MR) is 241 cm³/mol. The fraction of sp³-hybridized carbons (Fsp3) is 0.556. The zero-order chi connectivity index (χ0) is 41.2. The van der Waals surface area contributed by atoms with Crippen molar-refractivity contribution in [3.8, 4) is 0 Å². The van der Waals surface area contributed by atoms with Crippen LogP contribution in [0.4, 0.5) is 0 Å². The number of ether oxygens (including phenoxy) is 2. The molecule has 0 spiro atoms. The normalized spacial score (nSPS) is 35.7. The Kier molecular flexibility index (Phi) is 10.6. The minimum Gasteiger partial charge on any atom is -0.537 e. The Hall–Kier alpha value is -3.90. The van der Waals surface area contributed by atoms with Crippen molar-refractivity contribution in [1.29, 1.82) is 0 Å². The molecule has 0 heterocycles. The summed E-state index contributed by atoms with van der Waals surface area (Å²) in [6, 6.07) is 32.0. The van der Waals surface area contributed by atoms with Crippen molar-refractivity contribution in [3.63, 3.8) is 0 Å². The molecule has 3 aromatic rings. The summed E-state index contributed by atoms with van der Waals surface area (Å²) in [6.07, 6.45) is 17.2. The quantitative estimate of drug-likeness (QED) is 0.116. The monoisotopic (exact) mass is 822 g/mol. The van der Waals surface area contributed by atoms with Crippen molar-refractivity contribution in [1.82, 2.24) is 0 Å². The Morgan fingerprint density at radius 1 is 0.617 bits per heavy atom. The van der Waals surface area contributed by atoms with Gasteiger partial charge in [0.15, 0.2) is 5.41 Å². The first-order chi connectivity index (χ1) is 29.0. The van der Waals surface area contributed by atoms with E-state index in [0.717, 1.165) is 91.9 Å². The predicted octanol–water partition coefficient (Wildman–Crippen LogP) is 11.1. The van der Waals surface area contributed by atoms with Gasteiger partial charge in [0.2, 0.25) is 0 Å². The SMILES string of the molecule is CC1=C(O[Si](c2ccccc2)(c2ccccc2)C(C)(C)C)C[C@H](/C=C/c2ccccc2)CC(C(=O)OC2C3CC4CC(C3)CC2C4)(C(=O)OC2C3CC4CC(C3)CC2C4)C1. The molecule has 0 amide bonds. The third kappa shape index (κ3) is 7.24. The van der Waals surface area contributed by atoms with Gasteiger partial charge in [0.1, 0.15) is 12.2 Å². The van der Waals surface area contributed by atoms with Gasteiger partial charge in [-0.05, 0) is 164 Å². The highest BCUT2D eigenvalue weighted by Crippen LogP contribution is 2.58. The van der Waals surface area contributed by atoms with Crippen LogP contribution >= 0.6 is 0 Å². The third-order valence-corrected chi connectivity index (χ3v) is 21.7. The molecule has 0 radical (unpaired) electrons. The van der Waals surface area contributed by atoms with Crippen LogP contribution in [0.3, 0.4) is 0 Å². The van der Waals surface area contributed by atoms with Gasteiger partial charge < -0.3 is 13.9 Å². The largest absolute Gasteiger partial charge is 0.537 e. The second-order valence-electron chi connectivity index (χ2n) is 21.8. The van der Waals surface area contributed by atoms with Gasteiger partial charge in [0.05, 0.1) is 5.76 Å². The summed E-state index contributed by atoms with van der Waals surface area (Å²) in [7, 11) is -3.04. The zero-order valence-corrected chi connectivity index (χ0v) is 37.4. The Morgan fingerprint density at radius 2 is 1.03 bits per heavy atom. The molecule has 0 aromatic heterocycles. The van der Waals surface area contributed by atoms with Crippen LogP contribution in [0.1, 0.15) is 117 Å². The smallest absolute Gasteiger partial charge is 0.324 e. The van der Waals surface area contributed by atoms with Crippen LogP contribution in [-0.2, 0) is 23.5 Å². The lowest BCUT2D eigenvalue weighted by molar-refractivity contribution is -0.200. The molecule has 9 aliphatic rings. The van der Waals surface area contributed by atoms with E-state index in [0.29, 0.717) is 36.5 Å². The van der Waals surface area contributed by atoms with Crippen molar-refractivity contribution in [2.45, 2.75) is 128 Å². The second-order valence-corrected chi connectivity index (χ2v) is 26.0. The Labute approximate surface area is 359 Å². The first-order valence-electron chi connectivity index (χ1n) is 23.6. The van der Waals surface area contributed by atoms with E-state index >= 15 is 9.59 Å². The molecule has 0 aliphatic heterocycles. The number of allylic oxidation sites excluding steroid dienone is 3. The summed E-state index contributed by atoms with van der Waals surface area (Å²) in [5.74, 6) is 4.65. The van der Waals surface area contributed by atoms with Gasteiger partial charge in [0, 0.05) is 6.42 Å². The number of hydrogen-bond donors (Lipinski definition) is 0. The van der Waals surface area contributed by atoms with Crippen LogP contribution in [0, 0.1) is 58.7 Å². The van der Waals surface area contributed by atoms with Crippen molar-refractivity contribution in [3.05, 3.63) is 114 Å². The van der Waals surface area contributed by atoms with Gasteiger partial charge in [-0.3, -0.25) is 9.59 Å². The van der Waals surface area contributed by atoms with E-state index in [4.69, 9.17) is 13.9 Å². The van der Waals surface area contributed by atoms with Crippen molar-refractivity contribution < 1.29 is 23.5 Å². The van der Waals surface area contributed by atoms with Crippen LogP contribution < -0.4 is 10.4 Å². The number of carbonyl (C=O) groups excluding carboxylic acids is 2. The van der Waals surface area contributed by atoms with E-state index < -0.39 is 13.7 Å². The standard InChI is InChI=1S/C54H66O5Si/c1-35-33-54(51(55)57-49-42-24-38-22-39(26-42)27-43(49)25-38,52(56)58-50-44-28-40-23-41(30-44)31-45(50)29-40)34-37(21-20-36-14-8-5-9-15-36)32-48(35)59-60(53(2,3)4,46-16-10-6-11-17-46)47-18-12-7-13-19-47/h5-21,37-45,49-50H,22-34H2,1-4H3/b21-20+/t37-,38?,39?,40?,41?,42?,43?,44?,45?,49?,50?,54?/m0/s1. The summed E-state index contributed by atoms with van der Waals surface area (Å²) >= 11 is 0. The second kappa shape index (κ2) is 15.8. The van der Waals surface area contributed by atoms with Crippen LogP contribution in [0.25, 0.3) is 6.08 Å². The molecule has 8 saturated carbocycles. The molecule has 0 saturated heterocycles. The van der Waals surface area contributed by atoms with Gasteiger partial charge in [-0.2, -0.15) is 0 Å². The molecular formula is C54H66O5Si. The topological polar surface area (TPSA) is 61.8 Å². The maximum atomic E-state index is 15.6. The fourth-order valence-electron chi connectivity index (χ4n) is 14.5. The maximum Gasteiger partial charge on any atom is 0.324 e. The lowest BCUT2D eigenvalue weighted by Crippen LogP contribution is -2.66. The molecule has 0 N–H and O–H groups in total. The molecular weight excluding hydrogens is 757 g/mol. The minimum absolute atomic E-state index is 0.116. The highest BCUT2D eigenvalue weighted by molar-refractivity contribution is 6.99. The maximum absolute atomic E-state index is 15.6. The van der Waals surface area contributed by atoms with Crippen LogP contribution in [0.5, 0.6) is 0 Å². The summed E-state index contributed by atoms with van der Waals surface area (Å²) < 4.78 is 21.7. The van der Waals surface area contributed by atoms with Crippen molar-refractivity contribution in [2.24, 2.45) is 58.7 Å².